The highest BCUT2D eigenvalue weighted by atomic mass is 32.1. The first kappa shape index (κ1) is 13.7. The zero-order valence-corrected chi connectivity index (χ0v) is 13.6. The zero-order valence-electron chi connectivity index (χ0n) is 12.8. The van der Waals surface area contributed by atoms with Crippen LogP contribution in [-0.2, 0) is 24.2 Å². The van der Waals surface area contributed by atoms with Gasteiger partial charge in [0.05, 0.1) is 12.2 Å². The first-order chi connectivity index (χ1) is 10.2. The van der Waals surface area contributed by atoms with Gasteiger partial charge in [-0.3, -0.25) is 4.79 Å². The van der Waals surface area contributed by atoms with Crippen LogP contribution in [0.25, 0.3) is 0 Å². The Morgan fingerprint density at radius 2 is 1.90 bits per heavy atom. The van der Waals surface area contributed by atoms with E-state index in [1.807, 2.05) is 23.3 Å². The number of hydrogen-bond acceptors (Lipinski definition) is 3. The molecule has 21 heavy (non-hydrogen) atoms. The molecule has 0 saturated heterocycles. The first-order valence-corrected chi connectivity index (χ1v) is 9.28. The predicted octanol–water partition coefficient (Wildman–Crippen LogP) is 3.42. The molecule has 2 fully saturated rings. The maximum atomic E-state index is 12.6. The van der Waals surface area contributed by atoms with Gasteiger partial charge in [0, 0.05) is 17.8 Å². The molecule has 0 spiro atoms. The summed E-state index contributed by atoms with van der Waals surface area (Å²) in [5, 5.41) is 1.14. The fraction of sp³-hybridized carbons (Fsp3) is 0.765. The van der Waals surface area contributed by atoms with Crippen LogP contribution >= 0.6 is 11.3 Å². The smallest absolute Gasteiger partial charge is 0.226 e. The fourth-order valence-corrected chi connectivity index (χ4v) is 5.58. The van der Waals surface area contributed by atoms with Crippen LogP contribution in [0.15, 0.2) is 0 Å². The molecule has 0 N–H and O–H groups in total. The number of nitrogens with zero attached hydrogens (tertiary/aromatic N) is 2. The molecule has 1 aromatic rings. The van der Waals surface area contributed by atoms with Crippen molar-refractivity contribution in [3.05, 3.63) is 15.6 Å². The lowest BCUT2D eigenvalue weighted by Gasteiger charge is -2.15. The summed E-state index contributed by atoms with van der Waals surface area (Å²) in [6.45, 7) is 0.715. The summed E-state index contributed by atoms with van der Waals surface area (Å²) in [5.74, 6) is 2.13. The van der Waals surface area contributed by atoms with Gasteiger partial charge in [0.2, 0.25) is 5.91 Å². The van der Waals surface area contributed by atoms with Crippen LogP contribution in [0.4, 0.5) is 0 Å². The van der Waals surface area contributed by atoms with Crippen LogP contribution in [0.1, 0.15) is 54.1 Å². The van der Waals surface area contributed by atoms with Crippen LogP contribution in [0.2, 0.25) is 0 Å². The van der Waals surface area contributed by atoms with Gasteiger partial charge in [0.1, 0.15) is 5.01 Å². The van der Waals surface area contributed by atoms with Crippen LogP contribution in [0, 0.1) is 17.8 Å². The van der Waals surface area contributed by atoms with Crippen molar-refractivity contribution in [2.24, 2.45) is 17.8 Å². The van der Waals surface area contributed by atoms with Gasteiger partial charge in [0.25, 0.3) is 0 Å². The molecule has 4 rings (SSSR count). The number of thiazole rings is 1. The van der Waals surface area contributed by atoms with Gasteiger partial charge in [-0.25, -0.2) is 4.98 Å². The molecule has 0 aromatic carbocycles. The molecule has 3 aliphatic carbocycles. The second-order valence-electron chi connectivity index (χ2n) is 7.02. The third-order valence-electron chi connectivity index (χ3n) is 5.58. The molecule has 2 unspecified atom stereocenters. The summed E-state index contributed by atoms with van der Waals surface area (Å²) in [6.07, 6.45) is 10.1. The monoisotopic (exact) mass is 304 g/mol. The molecular formula is C17H24N2OS. The lowest BCUT2D eigenvalue weighted by atomic mass is 10.0. The number of carbonyl (C=O) groups is 1. The average Bonchev–Trinajstić information content (AvgIpc) is 3.08. The molecule has 2 atom stereocenters. The minimum Gasteiger partial charge on any atom is -0.339 e. The molecule has 4 heteroatoms. The van der Waals surface area contributed by atoms with E-state index < -0.39 is 0 Å². The SMILES string of the molecule is CN(Cc1nc2c(s1)CCCC2)C(=O)C1C2CCCCC21. The van der Waals surface area contributed by atoms with Crippen molar-refractivity contribution in [3.63, 3.8) is 0 Å². The van der Waals surface area contributed by atoms with Crippen molar-refractivity contribution in [3.8, 4) is 0 Å². The second kappa shape index (κ2) is 5.38. The molecule has 3 aliphatic rings. The number of aromatic nitrogens is 1. The van der Waals surface area contributed by atoms with Crippen LogP contribution in [-0.4, -0.2) is 22.8 Å². The summed E-state index contributed by atoms with van der Waals surface area (Å²) in [7, 11) is 1.97. The molecular weight excluding hydrogens is 280 g/mol. The van der Waals surface area contributed by atoms with Gasteiger partial charge in [0.15, 0.2) is 0 Å². The Labute approximate surface area is 130 Å². The van der Waals surface area contributed by atoms with E-state index in [9.17, 15) is 4.79 Å². The third kappa shape index (κ3) is 2.52. The minimum absolute atomic E-state index is 0.340. The zero-order chi connectivity index (χ0) is 14.4. The van der Waals surface area contributed by atoms with E-state index in [2.05, 4.69) is 0 Å². The Hall–Kier alpha value is -0.900. The minimum atomic E-state index is 0.340. The van der Waals surface area contributed by atoms with Gasteiger partial charge < -0.3 is 4.90 Å². The standard InChI is InChI=1S/C17H24N2OS/c1-19(17(20)16-11-6-2-3-7-12(11)16)10-15-18-13-8-4-5-9-14(13)21-15/h11-12,16H,2-10H2,1H3. The Morgan fingerprint density at radius 1 is 1.19 bits per heavy atom. The number of fused-ring (bicyclic) bond motifs is 2. The molecule has 0 bridgehead atoms. The van der Waals surface area contributed by atoms with E-state index in [0.717, 1.165) is 11.4 Å². The maximum absolute atomic E-state index is 12.6. The Morgan fingerprint density at radius 3 is 2.62 bits per heavy atom. The van der Waals surface area contributed by atoms with Crippen molar-refractivity contribution in [1.29, 1.82) is 0 Å². The highest BCUT2D eigenvalue weighted by Gasteiger charge is 2.55. The topological polar surface area (TPSA) is 33.2 Å². The molecule has 1 heterocycles. The summed E-state index contributed by atoms with van der Waals surface area (Å²) >= 11 is 1.83. The Kier molecular flexibility index (Phi) is 3.52. The van der Waals surface area contributed by atoms with E-state index in [1.165, 1.54) is 55.5 Å². The van der Waals surface area contributed by atoms with Crippen molar-refractivity contribution in [2.75, 3.05) is 7.05 Å². The Balaban J connectivity index is 1.40. The number of rotatable bonds is 3. The molecule has 114 valence electrons. The maximum Gasteiger partial charge on any atom is 0.226 e. The van der Waals surface area contributed by atoms with Crippen LogP contribution in [0.3, 0.4) is 0 Å². The molecule has 0 aliphatic heterocycles. The summed E-state index contributed by atoms with van der Waals surface area (Å²) in [6, 6.07) is 0. The molecule has 0 radical (unpaired) electrons. The molecule has 2 saturated carbocycles. The normalized spacial score (nSPS) is 30.4. The van der Waals surface area contributed by atoms with E-state index in [4.69, 9.17) is 4.98 Å². The van der Waals surface area contributed by atoms with Crippen LogP contribution < -0.4 is 0 Å². The molecule has 1 amide bonds. The van der Waals surface area contributed by atoms with E-state index in [1.54, 1.807) is 0 Å². The number of carbonyl (C=O) groups excluding carboxylic acids is 1. The largest absolute Gasteiger partial charge is 0.339 e. The van der Waals surface area contributed by atoms with E-state index >= 15 is 0 Å². The summed E-state index contributed by atoms with van der Waals surface area (Å²) in [5.41, 5.74) is 1.31. The lowest BCUT2D eigenvalue weighted by Crippen LogP contribution is -2.28. The molecule has 3 nitrogen and oxygen atoms in total. The van der Waals surface area contributed by atoms with Gasteiger partial charge in [-0.2, -0.15) is 0 Å². The van der Waals surface area contributed by atoms with Gasteiger partial charge in [-0.1, -0.05) is 12.8 Å². The van der Waals surface area contributed by atoms with Crippen molar-refractivity contribution in [1.82, 2.24) is 9.88 Å². The summed E-state index contributed by atoms with van der Waals surface area (Å²) in [4.78, 5) is 20.8. The quantitative estimate of drug-likeness (QED) is 0.857. The van der Waals surface area contributed by atoms with Crippen molar-refractivity contribution >= 4 is 17.2 Å². The van der Waals surface area contributed by atoms with Crippen LogP contribution in [0.5, 0.6) is 0 Å². The lowest BCUT2D eigenvalue weighted by molar-refractivity contribution is -0.132. The predicted molar refractivity (Wildman–Crippen MR) is 84.2 cm³/mol. The van der Waals surface area contributed by atoms with Crippen molar-refractivity contribution < 1.29 is 4.79 Å². The van der Waals surface area contributed by atoms with Crippen molar-refractivity contribution in [2.45, 2.75) is 57.9 Å². The van der Waals surface area contributed by atoms with E-state index in [0.29, 0.717) is 30.2 Å². The first-order valence-electron chi connectivity index (χ1n) is 8.46. The second-order valence-corrected chi connectivity index (χ2v) is 8.19. The third-order valence-corrected chi connectivity index (χ3v) is 6.72. The Bertz CT molecular complexity index is 517. The van der Waals surface area contributed by atoms with Gasteiger partial charge >= 0.3 is 0 Å². The number of hydrogen-bond donors (Lipinski definition) is 0. The summed E-state index contributed by atoms with van der Waals surface area (Å²) < 4.78 is 0. The van der Waals surface area contributed by atoms with Gasteiger partial charge in [-0.05, 0) is 50.4 Å². The molecule has 1 aromatic heterocycles. The highest BCUT2D eigenvalue weighted by molar-refractivity contribution is 7.11. The number of aryl methyl sites for hydroxylation is 2. The van der Waals surface area contributed by atoms with E-state index in [-0.39, 0.29) is 0 Å². The average molecular weight is 304 g/mol. The highest BCUT2D eigenvalue weighted by Crippen LogP contribution is 2.56. The van der Waals surface area contributed by atoms with Gasteiger partial charge in [-0.15, -0.1) is 11.3 Å². The fourth-order valence-electron chi connectivity index (χ4n) is 4.37. The number of amides is 1.